The van der Waals surface area contributed by atoms with Gasteiger partial charge in [-0.05, 0) is 36.2 Å². The van der Waals surface area contributed by atoms with Crippen molar-refractivity contribution in [3.63, 3.8) is 0 Å². The summed E-state index contributed by atoms with van der Waals surface area (Å²) in [6.45, 7) is 0.402. The van der Waals surface area contributed by atoms with Crippen molar-refractivity contribution in [2.24, 2.45) is 5.73 Å². The Bertz CT molecular complexity index is 533. The van der Waals surface area contributed by atoms with Crippen molar-refractivity contribution in [2.45, 2.75) is 12.5 Å². The van der Waals surface area contributed by atoms with Gasteiger partial charge in [-0.1, -0.05) is 35.9 Å². The molecule has 2 N–H and O–H groups in total. The third-order valence-corrected chi connectivity index (χ3v) is 2.98. The van der Waals surface area contributed by atoms with E-state index >= 15 is 0 Å². The van der Waals surface area contributed by atoms with Gasteiger partial charge in [-0.15, -0.1) is 0 Å². The first-order valence-electron chi connectivity index (χ1n) is 6.02. The van der Waals surface area contributed by atoms with E-state index in [2.05, 4.69) is 0 Å². The maximum Gasteiger partial charge on any atom is 0.141 e. The molecule has 0 aliphatic carbocycles. The average molecular weight is 280 g/mol. The highest BCUT2D eigenvalue weighted by Crippen LogP contribution is 2.17. The van der Waals surface area contributed by atoms with E-state index in [1.54, 1.807) is 12.1 Å². The summed E-state index contributed by atoms with van der Waals surface area (Å²) in [5, 5.41) is 0.119. The van der Waals surface area contributed by atoms with Crippen LogP contribution in [0.25, 0.3) is 0 Å². The largest absolute Gasteiger partial charge is 0.492 e. The normalized spacial score (nSPS) is 12.2. The average Bonchev–Trinajstić information content (AvgIpc) is 2.42. The minimum Gasteiger partial charge on any atom is -0.492 e. The van der Waals surface area contributed by atoms with Crippen LogP contribution in [0.5, 0.6) is 5.75 Å². The Balaban J connectivity index is 1.87. The number of benzene rings is 2. The Labute approximate surface area is 117 Å². The Hall–Kier alpha value is -1.58. The van der Waals surface area contributed by atoms with E-state index in [4.69, 9.17) is 22.1 Å². The number of hydrogen-bond donors (Lipinski definition) is 1. The summed E-state index contributed by atoms with van der Waals surface area (Å²) in [5.74, 6) is 0.370. The van der Waals surface area contributed by atoms with E-state index in [9.17, 15) is 4.39 Å². The van der Waals surface area contributed by atoms with Gasteiger partial charge in [0.15, 0.2) is 0 Å². The number of para-hydroxylation sites is 1. The first-order chi connectivity index (χ1) is 9.15. The second kappa shape index (κ2) is 6.55. The van der Waals surface area contributed by atoms with Gasteiger partial charge in [-0.3, -0.25) is 0 Å². The molecule has 1 atom stereocenters. The SMILES string of the molecule is NC(COc1ccccc1)Cc1ccc(F)c(Cl)c1. The van der Waals surface area contributed by atoms with Gasteiger partial charge in [-0.2, -0.15) is 0 Å². The van der Waals surface area contributed by atoms with Gasteiger partial charge in [-0.25, -0.2) is 4.39 Å². The van der Waals surface area contributed by atoms with Crippen molar-refractivity contribution < 1.29 is 9.13 Å². The Morgan fingerprint density at radius 1 is 1.16 bits per heavy atom. The predicted octanol–water partition coefficient (Wildman–Crippen LogP) is 3.43. The number of nitrogens with two attached hydrogens (primary N) is 1. The van der Waals surface area contributed by atoms with Crippen molar-refractivity contribution in [1.82, 2.24) is 0 Å². The maximum absolute atomic E-state index is 13.0. The van der Waals surface area contributed by atoms with Gasteiger partial charge in [0, 0.05) is 6.04 Å². The van der Waals surface area contributed by atoms with E-state index in [0.29, 0.717) is 13.0 Å². The summed E-state index contributed by atoms with van der Waals surface area (Å²) in [6.07, 6.45) is 0.590. The minimum atomic E-state index is -0.417. The number of hydrogen-bond acceptors (Lipinski definition) is 2. The molecule has 0 spiro atoms. The zero-order chi connectivity index (χ0) is 13.7. The van der Waals surface area contributed by atoms with Crippen molar-refractivity contribution in [3.8, 4) is 5.75 Å². The van der Waals surface area contributed by atoms with Gasteiger partial charge in [0.2, 0.25) is 0 Å². The maximum atomic E-state index is 13.0. The van der Waals surface area contributed by atoms with E-state index < -0.39 is 5.82 Å². The lowest BCUT2D eigenvalue weighted by Crippen LogP contribution is -2.30. The molecule has 19 heavy (non-hydrogen) atoms. The summed E-state index contributed by atoms with van der Waals surface area (Å²) in [7, 11) is 0. The highest BCUT2D eigenvalue weighted by molar-refractivity contribution is 6.30. The second-order valence-electron chi connectivity index (χ2n) is 4.34. The minimum absolute atomic E-state index is 0.119. The summed E-state index contributed by atoms with van der Waals surface area (Å²) in [6, 6.07) is 13.9. The Kier molecular flexibility index (Phi) is 4.77. The molecule has 0 saturated carbocycles. The lowest BCUT2D eigenvalue weighted by Gasteiger charge is -2.13. The summed E-state index contributed by atoms with van der Waals surface area (Å²) >= 11 is 5.72. The first kappa shape index (κ1) is 13.8. The fourth-order valence-corrected chi connectivity index (χ4v) is 1.95. The van der Waals surface area contributed by atoms with Crippen molar-refractivity contribution in [2.75, 3.05) is 6.61 Å². The molecule has 2 aromatic carbocycles. The van der Waals surface area contributed by atoms with Crippen LogP contribution in [0.4, 0.5) is 4.39 Å². The van der Waals surface area contributed by atoms with Crippen molar-refractivity contribution in [1.29, 1.82) is 0 Å². The molecular weight excluding hydrogens is 265 g/mol. The molecule has 1 unspecified atom stereocenters. The molecule has 4 heteroatoms. The lowest BCUT2D eigenvalue weighted by atomic mass is 10.1. The fourth-order valence-electron chi connectivity index (χ4n) is 1.75. The first-order valence-corrected chi connectivity index (χ1v) is 6.40. The zero-order valence-electron chi connectivity index (χ0n) is 10.4. The molecule has 0 aromatic heterocycles. The molecule has 2 aromatic rings. The van der Waals surface area contributed by atoms with Crippen LogP contribution >= 0.6 is 11.6 Å². The monoisotopic (exact) mass is 279 g/mol. The van der Waals surface area contributed by atoms with E-state index in [0.717, 1.165) is 11.3 Å². The van der Waals surface area contributed by atoms with Crippen LogP contribution in [0.1, 0.15) is 5.56 Å². The highest BCUT2D eigenvalue weighted by atomic mass is 35.5. The van der Waals surface area contributed by atoms with E-state index in [1.165, 1.54) is 6.07 Å². The third kappa shape index (κ3) is 4.23. The molecule has 0 saturated heterocycles. The van der Waals surface area contributed by atoms with Crippen molar-refractivity contribution in [3.05, 3.63) is 64.9 Å². The van der Waals surface area contributed by atoms with Gasteiger partial charge >= 0.3 is 0 Å². The smallest absolute Gasteiger partial charge is 0.141 e. The molecule has 100 valence electrons. The van der Waals surface area contributed by atoms with Crippen molar-refractivity contribution >= 4 is 11.6 Å². The lowest BCUT2D eigenvalue weighted by molar-refractivity contribution is 0.287. The molecule has 2 rings (SSSR count). The number of halogens is 2. The quantitative estimate of drug-likeness (QED) is 0.910. The van der Waals surface area contributed by atoms with Gasteiger partial charge in [0.05, 0.1) is 5.02 Å². The molecule has 0 fully saturated rings. The number of rotatable bonds is 5. The Morgan fingerprint density at radius 2 is 1.89 bits per heavy atom. The number of ether oxygens (including phenoxy) is 1. The molecule has 0 radical (unpaired) electrons. The van der Waals surface area contributed by atoms with Crippen LogP contribution in [-0.2, 0) is 6.42 Å². The molecule has 0 aliphatic heterocycles. The molecular formula is C15H15ClFNO. The van der Waals surface area contributed by atoms with Gasteiger partial charge in [0.25, 0.3) is 0 Å². The van der Waals surface area contributed by atoms with Crippen LogP contribution in [0, 0.1) is 5.82 Å². The van der Waals surface area contributed by atoms with Crippen LogP contribution in [0.2, 0.25) is 5.02 Å². The predicted molar refractivity (Wildman–Crippen MR) is 75.0 cm³/mol. The summed E-state index contributed by atoms with van der Waals surface area (Å²) in [4.78, 5) is 0. The van der Waals surface area contributed by atoms with Crippen LogP contribution in [-0.4, -0.2) is 12.6 Å². The fraction of sp³-hybridized carbons (Fsp3) is 0.200. The molecule has 0 bridgehead atoms. The molecule has 2 nitrogen and oxygen atoms in total. The molecule has 0 aliphatic rings. The van der Waals surface area contributed by atoms with E-state index in [1.807, 2.05) is 30.3 Å². The van der Waals surface area contributed by atoms with Crippen LogP contribution < -0.4 is 10.5 Å². The standard InChI is InChI=1S/C15H15ClFNO/c16-14-9-11(6-7-15(14)17)8-12(18)10-19-13-4-2-1-3-5-13/h1-7,9,12H,8,10,18H2. The topological polar surface area (TPSA) is 35.2 Å². The summed E-state index contributed by atoms with van der Waals surface area (Å²) < 4.78 is 18.6. The molecule has 0 amide bonds. The van der Waals surface area contributed by atoms with Crippen LogP contribution in [0.15, 0.2) is 48.5 Å². The van der Waals surface area contributed by atoms with E-state index in [-0.39, 0.29) is 11.1 Å². The van der Waals surface area contributed by atoms with Crippen LogP contribution in [0.3, 0.4) is 0 Å². The third-order valence-electron chi connectivity index (χ3n) is 2.69. The zero-order valence-corrected chi connectivity index (χ0v) is 11.1. The Morgan fingerprint density at radius 3 is 2.58 bits per heavy atom. The highest BCUT2D eigenvalue weighted by Gasteiger charge is 2.07. The van der Waals surface area contributed by atoms with Gasteiger partial charge < -0.3 is 10.5 Å². The molecule has 0 heterocycles. The summed E-state index contributed by atoms with van der Waals surface area (Å²) in [5.41, 5.74) is 6.88. The second-order valence-corrected chi connectivity index (χ2v) is 4.74. The van der Waals surface area contributed by atoms with Gasteiger partial charge in [0.1, 0.15) is 18.2 Å².